The number of anilines is 1. The molecule has 0 aliphatic carbocycles. The fourth-order valence-electron chi connectivity index (χ4n) is 3.53. The van der Waals surface area contributed by atoms with Crippen molar-refractivity contribution < 1.29 is 23.8 Å². The van der Waals surface area contributed by atoms with Gasteiger partial charge in [-0.1, -0.05) is 13.3 Å². The molecule has 7 heteroatoms. The van der Waals surface area contributed by atoms with E-state index < -0.39 is 0 Å². The van der Waals surface area contributed by atoms with Crippen LogP contribution in [0.15, 0.2) is 36.4 Å². The topological polar surface area (TPSA) is 77.1 Å². The van der Waals surface area contributed by atoms with E-state index in [2.05, 4.69) is 12.2 Å². The SMILES string of the molecule is CCCCOc1ccc(C(=O)Nc2cc(C)c(OCC(=O)N3CCOCC3)c(C)c2)cc1. The monoisotopic (exact) mass is 440 g/mol. The maximum atomic E-state index is 12.6. The van der Waals surface area contributed by atoms with E-state index in [9.17, 15) is 9.59 Å². The first-order valence-corrected chi connectivity index (χ1v) is 11.1. The number of rotatable bonds is 9. The molecule has 0 spiro atoms. The summed E-state index contributed by atoms with van der Waals surface area (Å²) in [5, 5.41) is 2.93. The van der Waals surface area contributed by atoms with Gasteiger partial charge in [0.15, 0.2) is 6.61 Å². The van der Waals surface area contributed by atoms with E-state index >= 15 is 0 Å². The first-order valence-electron chi connectivity index (χ1n) is 11.1. The first-order chi connectivity index (χ1) is 15.5. The van der Waals surface area contributed by atoms with Gasteiger partial charge in [-0.15, -0.1) is 0 Å². The maximum absolute atomic E-state index is 12.6. The molecule has 2 amide bonds. The van der Waals surface area contributed by atoms with Crippen LogP contribution in [-0.2, 0) is 9.53 Å². The molecule has 0 radical (unpaired) electrons. The number of nitrogens with one attached hydrogen (secondary N) is 1. The maximum Gasteiger partial charge on any atom is 0.260 e. The fraction of sp³-hybridized carbons (Fsp3) is 0.440. The van der Waals surface area contributed by atoms with Gasteiger partial charge in [-0.3, -0.25) is 9.59 Å². The minimum Gasteiger partial charge on any atom is -0.494 e. The quantitative estimate of drug-likeness (QED) is 0.597. The summed E-state index contributed by atoms with van der Waals surface area (Å²) in [6.07, 6.45) is 2.08. The predicted octanol–water partition coefficient (Wildman–Crippen LogP) is 3.97. The highest BCUT2D eigenvalue weighted by Gasteiger charge is 2.18. The van der Waals surface area contributed by atoms with Gasteiger partial charge in [-0.05, 0) is 67.8 Å². The summed E-state index contributed by atoms with van der Waals surface area (Å²) in [5.74, 6) is 1.18. The normalized spacial score (nSPS) is 13.5. The van der Waals surface area contributed by atoms with Crippen LogP contribution in [0.5, 0.6) is 11.5 Å². The second-order valence-corrected chi connectivity index (χ2v) is 7.90. The fourth-order valence-corrected chi connectivity index (χ4v) is 3.53. The molecule has 1 fully saturated rings. The number of ether oxygens (including phenoxy) is 3. The number of carbonyl (C=O) groups is 2. The molecule has 1 aliphatic rings. The molecule has 0 aromatic heterocycles. The molecule has 172 valence electrons. The molecule has 3 rings (SSSR count). The zero-order chi connectivity index (χ0) is 22.9. The van der Waals surface area contributed by atoms with Crippen LogP contribution in [0.3, 0.4) is 0 Å². The van der Waals surface area contributed by atoms with E-state index in [1.165, 1.54) is 0 Å². The Hall–Kier alpha value is -3.06. The number of carbonyl (C=O) groups excluding carboxylic acids is 2. The van der Waals surface area contributed by atoms with E-state index in [4.69, 9.17) is 14.2 Å². The summed E-state index contributed by atoms with van der Waals surface area (Å²) in [6, 6.07) is 10.8. The summed E-state index contributed by atoms with van der Waals surface area (Å²) in [6.45, 7) is 8.89. The lowest BCUT2D eigenvalue weighted by atomic mass is 10.1. The van der Waals surface area contributed by atoms with Gasteiger partial charge in [0.2, 0.25) is 0 Å². The summed E-state index contributed by atoms with van der Waals surface area (Å²) < 4.78 is 16.7. The molecule has 0 unspecified atom stereocenters. The van der Waals surface area contributed by atoms with Crippen molar-refractivity contribution in [3.63, 3.8) is 0 Å². The van der Waals surface area contributed by atoms with Crippen molar-refractivity contribution in [3.8, 4) is 11.5 Å². The van der Waals surface area contributed by atoms with Crippen molar-refractivity contribution in [3.05, 3.63) is 53.1 Å². The Kier molecular flexibility index (Phi) is 8.50. The van der Waals surface area contributed by atoms with Crippen LogP contribution < -0.4 is 14.8 Å². The van der Waals surface area contributed by atoms with E-state index in [0.717, 1.165) is 29.7 Å². The van der Waals surface area contributed by atoms with Crippen molar-refractivity contribution >= 4 is 17.5 Å². The van der Waals surface area contributed by atoms with Gasteiger partial charge >= 0.3 is 0 Å². The van der Waals surface area contributed by atoms with Crippen LogP contribution in [0.25, 0.3) is 0 Å². The molecule has 2 aromatic carbocycles. The summed E-state index contributed by atoms with van der Waals surface area (Å²) in [5.41, 5.74) is 2.95. The molecule has 1 aliphatic heterocycles. The minimum absolute atomic E-state index is 0.0138. The van der Waals surface area contributed by atoms with Gasteiger partial charge in [0.25, 0.3) is 11.8 Å². The third-order valence-corrected chi connectivity index (χ3v) is 5.31. The van der Waals surface area contributed by atoms with Gasteiger partial charge in [0.1, 0.15) is 11.5 Å². The van der Waals surface area contributed by atoms with Crippen molar-refractivity contribution in [1.82, 2.24) is 4.90 Å². The molecule has 0 atom stereocenters. The third kappa shape index (κ3) is 6.47. The predicted molar refractivity (Wildman–Crippen MR) is 124 cm³/mol. The van der Waals surface area contributed by atoms with Gasteiger partial charge in [0.05, 0.1) is 19.8 Å². The van der Waals surface area contributed by atoms with Crippen molar-refractivity contribution in [2.24, 2.45) is 0 Å². The van der Waals surface area contributed by atoms with Gasteiger partial charge in [-0.2, -0.15) is 0 Å². The van der Waals surface area contributed by atoms with E-state index in [1.807, 2.05) is 38.1 Å². The molecular weight excluding hydrogens is 408 g/mol. The Labute approximate surface area is 189 Å². The summed E-state index contributed by atoms with van der Waals surface area (Å²) in [7, 11) is 0. The van der Waals surface area contributed by atoms with Crippen LogP contribution >= 0.6 is 0 Å². The van der Waals surface area contributed by atoms with Crippen LogP contribution in [0.4, 0.5) is 5.69 Å². The second kappa shape index (κ2) is 11.5. The van der Waals surface area contributed by atoms with Gasteiger partial charge in [-0.25, -0.2) is 0 Å². The Bertz CT molecular complexity index is 897. The minimum atomic E-state index is -0.194. The highest BCUT2D eigenvalue weighted by molar-refractivity contribution is 6.04. The molecule has 7 nitrogen and oxygen atoms in total. The number of hydrogen-bond donors (Lipinski definition) is 1. The molecule has 1 heterocycles. The van der Waals surface area contributed by atoms with Crippen molar-refractivity contribution in [2.45, 2.75) is 33.6 Å². The standard InChI is InChI=1S/C25H32N2O5/c1-4-5-12-31-22-8-6-20(7-9-22)25(29)26-21-15-18(2)24(19(3)16-21)32-17-23(28)27-10-13-30-14-11-27/h6-9,15-16H,4-5,10-14,17H2,1-3H3,(H,26,29). The zero-order valence-corrected chi connectivity index (χ0v) is 19.1. The second-order valence-electron chi connectivity index (χ2n) is 7.90. The molecule has 0 saturated carbocycles. The number of benzene rings is 2. The number of unbranched alkanes of at least 4 members (excludes halogenated alkanes) is 1. The van der Waals surface area contributed by atoms with E-state index in [-0.39, 0.29) is 18.4 Å². The van der Waals surface area contributed by atoms with E-state index in [1.54, 1.807) is 17.0 Å². The lowest BCUT2D eigenvalue weighted by Crippen LogP contribution is -2.43. The van der Waals surface area contributed by atoms with Crippen LogP contribution in [0.1, 0.15) is 41.3 Å². The number of nitrogens with zero attached hydrogens (tertiary/aromatic N) is 1. The highest BCUT2D eigenvalue weighted by atomic mass is 16.5. The molecule has 32 heavy (non-hydrogen) atoms. The lowest BCUT2D eigenvalue weighted by Gasteiger charge is -2.27. The van der Waals surface area contributed by atoms with Crippen LogP contribution in [0, 0.1) is 13.8 Å². The molecule has 1 saturated heterocycles. The smallest absolute Gasteiger partial charge is 0.260 e. The average Bonchev–Trinajstić information content (AvgIpc) is 2.79. The lowest BCUT2D eigenvalue weighted by molar-refractivity contribution is -0.137. The van der Waals surface area contributed by atoms with Gasteiger partial charge < -0.3 is 24.4 Å². The molecule has 1 N–H and O–H groups in total. The van der Waals surface area contributed by atoms with E-state index in [0.29, 0.717) is 49.9 Å². The van der Waals surface area contributed by atoms with Gasteiger partial charge in [0, 0.05) is 24.3 Å². The Morgan fingerprint density at radius 3 is 2.31 bits per heavy atom. The third-order valence-electron chi connectivity index (χ3n) is 5.31. The Balaban J connectivity index is 1.58. The van der Waals surface area contributed by atoms with Crippen molar-refractivity contribution in [2.75, 3.05) is 44.8 Å². The molecular formula is C25H32N2O5. The number of amides is 2. The summed E-state index contributed by atoms with van der Waals surface area (Å²) in [4.78, 5) is 26.7. The van der Waals surface area contributed by atoms with Crippen molar-refractivity contribution in [1.29, 1.82) is 0 Å². The highest BCUT2D eigenvalue weighted by Crippen LogP contribution is 2.28. The Morgan fingerprint density at radius 2 is 1.69 bits per heavy atom. The average molecular weight is 441 g/mol. The number of aryl methyl sites for hydroxylation is 2. The first kappa shape index (κ1) is 23.6. The largest absolute Gasteiger partial charge is 0.494 e. The molecule has 0 bridgehead atoms. The van der Waals surface area contributed by atoms with Crippen LogP contribution in [-0.4, -0.2) is 56.2 Å². The number of hydrogen-bond acceptors (Lipinski definition) is 5. The summed E-state index contributed by atoms with van der Waals surface area (Å²) >= 11 is 0. The zero-order valence-electron chi connectivity index (χ0n) is 19.1. The number of morpholine rings is 1. The molecule has 2 aromatic rings. The Morgan fingerprint density at radius 1 is 1.03 bits per heavy atom. The van der Waals surface area contributed by atoms with Crippen LogP contribution in [0.2, 0.25) is 0 Å².